The summed E-state index contributed by atoms with van der Waals surface area (Å²) >= 11 is 7.39. The molecule has 2 N–H and O–H groups in total. The van der Waals surface area contributed by atoms with Crippen LogP contribution < -0.4 is 10.6 Å². The van der Waals surface area contributed by atoms with Gasteiger partial charge in [-0.05, 0) is 31.5 Å². The Morgan fingerprint density at radius 3 is 3.00 bits per heavy atom. The van der Waals surface area contributed by atoms with Crippen molar-refractivity contribution in [2.24, 2.45) is 0 Å². The molecule has 1 fully saturated rings. The van der Waals surface area contributed by atoms with Crippen LogP contribution in [0.5, 0.6) is 0 Å². The molecule has 104 valence electrons. The summed E-state index contributed by atoms with van der Waals surface area (Å²) in [6.07, 6.45) is 2.21. The first kappa shape index (κ1) is 13.5. The van der Waals surface area contributed by atoms with E-state index in [0.717, 1.165) is 24.4 Å². The maximum atomic E-state index is 12.1. The topological polar surface area (TPSA) is 66.9 Å². The Balaban J connectivity index is 1.72. The third-order valence-electron chi connectivity index (χ3n) is 3.14. The molecule has 20 heavy (non-hydrogen) atoms. The molecule has 1 aliphatic rings. The lowest BCUT2D eigenvalue weighted by Crippen LogP contribution is -2.12. The number of hydrogen-bond donors (Lipinski definition) is 2. The molecule has 2 aromatic rings. The number of amides is 1. The summed E-state index contributed by atoms with van der Waals surface area (Å²) in [6, 6.07) is 7.18. The van der Waals surface area contributed by atoms with Crippen LogP contribution in [0.4, 0.5) is 5.13 Å². The second-order valence-corrected chi connectivity index (χ2v) is 5.94. The second-order valence-electron chi connectivity index (χ2n) is 4.53. The fourth-order valence-electron chi connectivity index (χ4n) is 2.13. The van der Waals surface area contributed by atoms with Crippen LogP contribution in [0.2, 0.25) is 5.02 Å². The molecule has 3 rings (SSSR count). The van der Waals surface area contributed by atoms with Crippen molar-refractivity contribution < 1.29 is 4.79 Å². The molecule has 1 atom stereocenters. The van der Waals surface area contributed by atoms with E-state index >= 15 is 0 Å². The van der Waals surface area contributed by atoms with Gasteiger partial charge in [0.05, 0.1) is 16.6 Å². The number of benzene rings is 1. The zero-order chi connectivity index (χ0) is 13.9. The van der Waals surface area contributed by atoms with Gasteiger partial charge in [0, 0.05) is 0 Å². The number of nitrogens with one attached hydrogen (secondary N) is 2. The second kappa shape index (κ2) is 5.87. The maximum Gasteiger partial charge on any atom is 0.259 e. The molecule has 1 unspecified atom stereocenters. The van der Waals surface area contributed by atoms with E-state index in [0.29, 0.717) is 15.7 Å². The average Bonchev–Trinajstić information content (AvgIpc) is 3.09. The van der Waals surface area contributed by atoms with Crippen molar-refractivity contribution in [3.8, 4) is 0 Å². The molecular formula is C13H13ClN4OS. The Kier molecular flexibility index (Phi) is 3.95. The summed E-state index contributed by atoms with van der Waals surface area (Å²) in [5.41, 5.74) is 0.435. The van der Waals surface area contributed by atoms with E-state index in [4.69, 9.17) is 11.6 Å². The minimum Gasteiger partial charge on any atom is -0.308 e. The first-order valence-electron chi connectivity index (χ1n) is 6.37. The van der Waals surface area contributed by atoms with Gasteiger partial charge in [0.2, 0.25) is 5.13 Å². The van der Waals surface area contributed by atoms with E-state index in [1.54, 1.807) is 24.3 Å². The fraction of sp³-hybridized carbons (Fsp3) is 0.308. The van der Waals surface area contributed by atoms with Crippen LogP contribution in [-0.4, -0.2) is 22.6 Å². The Labute approximate surface area is 125 Å². The highest BCUT2D eigenvalue weighted by molar-refractivity contribution is 7.15. The molecule has 1 aromatic carbocycles. The predicted molar refractivity (Wildman–Crippen MR) is 79.3 cm³/mol. The number of aromatic nitrogens is 2. The van der Waals surface area contributed by atoms with Crippen molar-refractivity contribution in [1.29, 1.82) is 0 Å². The van der Waals surface area contributed by atoms with Crippen molar-refractivity contribution >= 4 is 34.0 Å². The molecule has 1 amide bonds. The van der Waals surface area contributed by atoms with Crippen LogP contribution in [0.15, 0.2) is 24.3 Å². The maximum absolute atomic E-state index is 12.1. The summed E-state index contributed by atoms with van der Waals surface area (Å²) in [5, 5.41) is 16.1. The number of nitrogens with zero attached hydrogens (tertiary/aromatic N) is 2. The Bertz CT molecular complexity index is 624. The van der Waals surface area contributed by atoms with E-state index in [1.807, 2.05) is 0 Å². The van der Waals surface area contributed by atoms with Crippen molar-refractivity contribution in [3.05, 3.63) is 39.9 Å². The van der Waals surface area contributed by atoms with E-state index in [-0.39, 0.29) is 11.9 Å². The quantitative estimate of drug-likeness (QED) is 0.915. The van der Waals surface area contributed by atoms with Gasteiger partial charge in [0.1, 0.15) is 5.01 Å². The number of halogens is 1. The molecule has 1 aliphatic heterocycles. The summed E-state index contributed by atoms with van der Waals surface area (Å²) < 4.78 is 0. The summed E-state index contributed by atoms with van der Waals surface area (Å²) in [4.78, 5) is 12.1. The number of rotatable bonds is 3. The fourth-order valence-corrected chi connectivity index (χ4v) is 3.20. The molecule has 1 saturated heterocycles. The first-order chi connectivity index (χ1) is 9.74. The molecule has 0 radical (unpaired) electrons. The molecule has 0 spiro atoms. The van der Waals surface area contributed by atoms with Gasteiger partial charge in [0.15, 0.2) is 0 Å². The predicted octanol–water partition coefficient (Wildman–Crippen LogP) is 2.87. The normalized spacial score (nSPS) is 18.1. The van der Waals surface area contributed by atoms with Gasteiger partial charge in [-0.15, -0.1) is 10.2 Å². The SMILES string of the molecule is O=C(Nc1nnc(C2CCCN2)s1)c1ccccc1Cl. The highest BCUT2D eigenvalue weighted by atomic mass is 35.5. The van der Waals surface area contributed by atoms with Gasteiger partial charge < -0.3 is 5.32 Å². The van der Waals surface area contributed by atoms with E-state index in [9.17, 15) is 4.79 Å². The lowest BCUT2D eigenvalue weighted by Gasteiger charge is -2.04. The molecule has 1 aromatic heterocycles. The van der Waals surface area contributed by atoms with E-state index in [1.165, 1.54) is 11.3 Å². The van der Waals surface area contributed by atoms with Gasteiger partial charge in [-0.3, -0.25) is 10.1 Å². The third kappa shape index (κ3) is 2.82. The minimum absolute atomic E-state index is 0.262. The Morgan fingerprint density at radius 2 is 2.25 bits per heavy atom. The van der Waals surface area contributed by atoms with Crippen LogP contribution >= 0.6 is 22.9 Å². The van der Waals surface area contributed by atoms with Crippen molar-refractivity contribution in [1.82, 2.24) is 15.5 Å². The standard InChI is InChI=1S/C13H13ClN4OS/c14-9-5-2-1-4-8(9)11(19)16-13-18-17-12(20-13)10-6-3-7-15-10/h1-2,4-5,10,15H,3,6-7H2,(H,16,18,19). The lowest BCUT2D eigenvalue weighted by molar-refractivity contribution is 0.102. The van der Waals surface area contributed by atoms with Crippen molar-refractivity contribution in [3.63, 3.8) is 0 Å². The van der Waals surface area contributed by atoms with Crippen molar-refractivity contribution in [2.75, 3.05) is 11.9 Å². The highest BCUT2D eigenvalue weighted by Crippen LogP contribution is 2.28. The summed E-state index contributed by atoms with van der Waals surface area (Å²) in [7, 11) is 0. The Hall–Kier alpha value is -1.50. The van der Waals surface area contributed by atoms with Crippen LogP contribution in [-0.2, 0) is 0 Å². The third-order valence-corrected chi connectivity index (χ3v) is 4.42. The zero-order valence-corrected chi connectivity index (χ0v) is 12.2. The summed E-state index contributed by atoms with van der Waals surface area (Å²) in [5.74, 6) is -0.266. The minimum atomic E-state index is -0.266. The molecule has 0 saturated carbocycles. The average molecular weight is 309 g/mol. The Morgan fingerprint density at radius 1 is 1.40 bits per heavy atom. The zero-order valence-electron chi connectivity index (χ0n) is 10.6. The van der Waals surface area contributed by atoms with Crippen LogP contribution in [0.25, 0.3) is 0 Å². The van der Waals surface area contributed by atoms with Gasteiger partial charge in [-0.1, -0.05) is 35.1 Å². The van der Waals surface area contributed by atoms with Gasteiger partial charge in [0.25, 0.3) is 5.91 Å². The van der Waals surface area contributed by atoms with Crippen LogP contribution in [0, 0.1) is 0 Å². The molecule has 0 bridgehead atoms. The molecule has 7 heteroatoms. The van der Waals surface area contributed by atoms with E-state index in [2.05, 4.69) is 20.8 Å². The number of carbonyl (C=O) groups excluding carboxylic acids is 1. The monoisotopic (exact) mass is 308 g/mol. The summed E-state index contributed by atoms with van der Waals surface area (Å²) in [6.45, 7) is 1.01. The van der Waals surface area contributed by atoms with Crippen molar-refractivity contribution in [2.45, 2.75) is 18.9 Å². The van der Waals surface area contributed by atoms with Crippen LogP contribution in [0.3, 0.4) is 0 Å². The number of hydrogen-bond acceptors (Lipinski definition) is 5. The number of carbonyl (C=O) groups is 1. The van der Waals surface area contributed by atoms with Gasteiger partial charge in [-0.25, -0.2) is 0 Å². The molecule has 0 aliphatic carbocycles. The first-order valence-corrected chi connectivity index (χ1v) is 7.56. The molecule has 5 nitrogen and oxygen atoms in total. The smallest absolute Gasteiger partial charge is 0.259 e. The highest BCUT2D eigenvalue weighted by Gasteiger charge is 2.21. The van der Waals surface area contributed by atoms with E-state index < -0.39 is 0 Å². The number of anilines is 1. The van der Waals surface area contributed by atoms with Crippen LogP contribution in [0.1, 0.15) is 34.2 Å². The largest absolute Gasteiger partial charge is 0.308 e. The molecular weight excluding hydrogens is 296 g/mol. The molecule has 2 heterocycles. The lowest BCUT2D eigenvalue weighted by atomic mass is 10.2. The van der Waals surface area contributed by atoms with Gasteiger partial charge in [-0.2, -0.15) is 0 Å². The van der Waals surface area contributed by atoms with Gasteiger partial charge >= 0.3 is 0 Å².